The van der Waals surface area contributed by atoms with Crippen LogP contribution in [-0.2, 0) is 22.5 Å². The number of amides is 1. The SMILES string of the molecule is Cc1cc(N)cc([C@@H](C)Nc2nc(Cl)nc3c2CN(C(=O)C24CCC(CC2)O4)CC3)c1. The lowest BCUT2D eigenvalue weighted by molar-refractivity contribution is -0.152. The molecule has 164 valence electrons. The molecule has 0 aliphatic carbocycles. The van der Waals surface area contributed by atoms with Crippen LogP contribution in [0.5, 0.6) is 0 Å². The summed E-state index contributed by atoms with van der Waals surface area (Å²) in [7, 11) is 0. The van der Waals surface area contributed by atoms with E-state index in [2.05, 4.69) is 28.3 Å². The molecule has 0 unspecified atom stereocenters. The zero-order valence-electron chi connectivity index (χ0n) is 17.9. The number of nitrogen functional groups attached to an aromatic ring is 1. The van der Waals surface area contributed by atoms with Gasteiger partial charge in [-0.1, -0.05) is 6.07 Å². The third-order valence-corrected chi connectivity index (χ3v) is 6.99. The molecule has 31 heavy (non-hydrogen) atoms. The summed E-state index contributed by atoms with van der Waals surface area (Å²) in [6.07, 6.45) is 4.53. The molecule has 2 fully saturated rings. The number of ether oxygens (including phenoxy) is 1. The van der Waals surface area contributed by atoms with Gasteiger partial charge in [-0.2, -0.15) is 0 Å². The fraction of sp³-hybridized carbons (Fsp3) is 0.522. The predicted octanol–water partition coefficient (Wildman–Crippen LogP) is 3.79. The van der Waals surface area contributed by atoms with Gasteiger partial charge in [0, 0.05) is 24.2 Å². The van der Waals surface area contributed by atoms with Crippen molar-refractivity contribution in [1.82, 2.24) is 14.9 Å². The summed E-state index contributed by atoms with van der Waals surface area (Å²) in [5.41, 5.74) is 10.2. The first-order chi connectivity index (χ1) is 14.8. The Bertz CT molecular complexity index is 1010. The van der Waals surface area contributed by atoms with Crippen LogP contribution in [0.1, 0.15) is 61.0 Å². The highest BCUT2D eigenvalue weighted by molar-refractivity contribution is 6.28. The monoisotopic (exact) mass is 441 g/mol. The Kier molecular flexibility index (Phi) is 5.06. The molecule has 0 radical (unpaired) electrons. The number of benzene rings is 1. The second kappa shape index (κ2) is 7.64. The number of aromatic nitrogens is 2. The van der Waals surface area contributed by atoms with Crippen molar-refractivity contribution in [2.75, 3.05) is 17.6 Å². The first kappa shape index (κ1) is 20.5. The molecular formula is C23H28ClN5O2. The number of hydrogen-bond acceptors (Lipinski definition) is 6. The van der Waals surface area contributed by atoms with Crippen LogP contribution < -0.4 is 11.1 Å². The molecule has 1 aromatic carbocycles. The average molecular weight is 442 g/mol. The minimum absolute atomic E-state index is 0.0318. The molecule has 1 amide bonds. The summed E-state index contributed by atoms with van der Waals surface area (Å²) >= 11 is 6.23. The van der Waals surface area contributed by atoms with Crippen molar-refractivity contribution >= 4 is 29.0 Å². The van der Waals surface area contributed by atoms with E-state index in [1.54, 1.807) is 0 Å². The third-order valence-electron chi connectivity index (χ3n) is 6.82. The largest absolute Gasteiger partial charge is 0.399 e. The highest BCUT2D eigenvalue weighted by Crippen LogP contribution is 2.45. The van der Waals surface area contributed by atoms with Gasteiger partial charge < -0.3 is 20.7 Å². The molecule has 7 nitrogen and oxygen atoms in total. The van der Waals surface area contributed by atoms with E-state index in [4.69, 9.17) is 22.1 Å². The van der Waals surface area contributed by atoms with E-state index in [9.17, 15) is 4.79 Å². The van der Waals surface area contributed by atoms with Crippen LogP contribution in [0.4, 0.5) is 11.5 Å². The molecular weight excluding hydrogens is 414 g/mol. The van der Waals surface area contributed by atoms with Gasteiger partial charge in [0.15, 0.2) is 0 Å². The molecule has 2 saturated heterocycles. The number of fused-ring (bicyclic) bond motifs is 3. The molecule has 1 atom stereocenters. The predicted molar refractivity (Wildman–Crippen MR) is 120 cm³/mol. The van der Waals surface area contributed by atoms with E-state index >= 15 is 0 Å². The smallest absolute Gasteiger partial charge is 0.255 e. The Morgan fingerprint density at radius 2 is 2.10 bits per heavy atom. The van der Waals surface area contributed by atoms with Crippen molar-refractivity contribution in [2.45, 2.75) is 70.2 Å². The topological polar surface area (TPSA) is 93.4 Å². The molecule has 2 bridgehead atoms. The Balaban J connectivity index is 1.40. The van der Waals surface area contributed by atoms with Gasteiger partial charge in [-0.3, -0.25) is 4.79 Å². The molecule has 8 heteroatoms. The molecule has 5 rings (SSSR count). The molecule has 3 N–H and O–H groups in total. The van der Waals surface area contributed by atoms with Crippen LogP contribution in [0, 0.1) is 6.92 Å². The number of halogens is 1. The summed E-state index contributed by atoms with van der Waals surface area (Å²) in [6, 6.07) is 5.98. The molecule has 2 aromatic rings. The Hall–Kier alpha value is -2.38. The molecule has 0 spiro atoms. The normalized spacial score (nSPS) is 25.4. The first-order valence-corrected chi connectivity index (χ1v) is 11.4. The van der Waals surface area contributed by atoms with Gasteiger partial charge in [0.05, 0.1) is 24.4 Å². The highest BCUT2D eigenvalue weighted by atomic mass is 35.5. The van der Waals surface area contributed by atoms with E-state index in [1.165, 1.54) is 0 Å². The zero-order valence-corrected chi connectivity index (χ0v) is 18.7. The Morgan fingerprint density at radius 3 is 2.77 bits per heavy atom. The minimum Gasteiger partial charge on any atom is -0.399 e. The maximum Gasteiger partial charge on any atom is 0.255 e. The number of nitrogens with zero attached hydrogens (tertiary/aromatic N) is 3. The molecule has 1 aromatic heterocycles. The number of nitrogens with two attached hydrogens (primary N) is 1. The molecule has 3 aliphatic heterocycles. The van der Waals surface area contributed by atoms with E-state index in [-0.39, 0.29) is 23.3 Å². The summed E-state index contributed by atoms with van der Waals surface area (Å²) < 4.78 is 6.09. The summed E-state index contributed by atoms with van der Waals surface area (Å²) in [5.74, 6) is 0.785. The standard InChI is InChI=1S/C23H28ClN5O2/c1-13-9-15(11-16(25)10-13)14(2)26-20-18-12-29(8-5-19(18)27-22(24)28-20)21(30)23-6-3-17(31-23)4-7-23/h9-11,14,17H,3-8,12,25H2,1-2H3,(H,26,27,28)/t14-,17?,23?/m1/s1. The lowest BCUT2D eigenvalue weighted by Crippen LogP contribution is -2.49. The van der Waals surface area contributed by atoms with Crippen LogP contribution in [0.2, 0.25) is 5.28 Å². The number of aryl methyl sites for hydroxylation is 1. The van der Waals surface area contributed by atoms with Gasteiger partial charge in [0.1, 0.15) is 11.4 Å². The van der Waals surface area contributed by atoms with Crippen molar-refractivity contribution in [1.29, 1.82) is 0 Å². The van der Waals surface area contributed by atoms with Crippen LogP contribution in [0.3, 0.4) is 0 Å². The average Bonchev–Trinajstić information content (AvgIpc) is 3.35. The molecule has 0 saturated carbocycles. The van der Waals surface area contributed by atoms with Crippen LogP contribution in [0.25, 0.3) is 0 Å². The Morgan fingerprint density at radius 1 is 1.32 bits per heavy atom. The van der Waals surface area contributed by atoms with Gasteiger partial charge in [-0.05, 0) is 74.4 Å². The summed E-state index contributed by atoms with van der Waals surface area (Å²) in [5, 5.41) is 3.70. The summed E-state index contributed by atoms with van der Waals surface area (Å²) in [4.78, 5) is 24.2. The molecule has 3 aliphatic rings. The van der Waals surface area contributed by atoms with Crippen LogP contribution >= 0.6 is 11.6 Å². The number of nitrogens with one attached hydrogen (secondary N) is 1. The van der Waals surface area contributed by atoms with E-state index in [0.717, 1.165) is 53.8 Å². The van der Waals surface area contributed by atoms with Gasteiger partial charge >= 0.3 is 0 Å². The van der Waals surface area contributed by atoms with Crippen molar-refractivity contribution in [3.05, 3.63) is 45.9 Å². The second-order valence-electron chi connectivity index (χ2n) is 9.10. The quantitative estimate of drug-likeness (QED) is 0.553. The number of hydrogen-bond donors (Lipinski definition) is 2. The number of rotatable bonds is 4. The van der Waals surface area contributed by atoms with E-state index in [1.807, 2.05) is 24.0 Å². The number of anilines is 2. The second-order valence-corrected chi connectivity index (χ2v) is 9.44. The lowest BCUT2D eigenvalue weighted by atomic mass is 9.87. The maximum atomic E-state index is 13.4. The van der Waals surface area contributed by atoms with Gasteiger partial charge in [0.25, 0.3) is 5.91 Å². The highest BCUT2D eigenvalue weighted by Gasteiger charge is 2.53. The van der Waals surface area contributed by atoms with Crippen molar-refractivity contribution in [3.63, 3.8) is 0 Å². The van der Waals surface area contributed by atoms with E-state index in [0.29, 0.717) is 25.3 Å². The van der Waals surface area contributed by atoms with Crippen LogP contribution in [0.15, 0.2) is 18.2 Å². The number of carbonyl (C=O) groups is 1. The maximum absolute atomic E-state index is 13.4. The fourth-order valence-corrected chi connectivity index (χ4v) is 5.41. The lowest BCUT2D eigenvalue weighted by Gasteiger charge is -2.35. The van der Waals surface area contributed by atoms with Gasteiger partial charge in [0.2, 0.25) is 5.28 Å². The van der Waals surface area contributed by atoms with Crippen LogP contribution in [-0.4, -0.2) is 39.0 Å². The summed E-state index contributed by atoms with van der Waals surface area (Å²) in [6.45, 7) is 5.18. The third kappa shape index (κ3) is 3.74. The zero-order chi connectivity index (χ0) is 21.8. The van der Waals surface area contributed by atoms with E-state index < -0.39 is 5.60 Å². The van der Waals surface area contributed by atoms with Gasteiger partial charge in [-0.15, -0.1) is 0 Å². The molecule has 4 heterocycles. The minimum atomic E-state index is -0.616. The number of carbonyl (C=O) groups excluding carboxylic acids is 1. The van der Waals surface area contributed by atoms with Crippen molar-refractivity contribution in [3.8, 4) is 0 Å². The van der Waals surface area contributed by atoms with Crippen molar-refractivity contribution < 1.29 is 9.53 Å². The van der Waals surface area contributed by atoms with Crippen molar-refractivity contribution in [2.24, 2.45) is 0 Å². The first-order valence-electron chi connectivity index (χ1n) is 11.0. The Labute approximate surface area is 187 Å². The fourth-order valence-electron chi connectivity index (χ4n) is 5.22. The van der Waals surface area contributed by atoms with Gasteiger partial charge in [-0.25, -0.2) is 9.97 Å².